The molecule has 1 heterocycles. The molecule has 3 rings (SSSR count). The number of nitrogens with one attached hydrogen (secondary N) is 1. The number of ether oxygens (including phenoxy) is 3. The lowest BCUT2D eigenvalue weighted by Gasteiger charge is -2.20. The molecule has 2 aromatic rings. The van der Waals surface area contributed by atoms with Gasteiger partial charge in [-0.25, -0.2) is 0 Å². The molecule has 7 nitrogen and oxygen atoms in total. The quantitative estimate of drug-likeness (QED) is 0.697. The zero-order chi connectivity index (χ0) is 21.0. The lowest BCUT2D eigenvalue weighted by atomic mass is 10.1. The molecule has 1 aliphatic heterocycles. The molecule has 0 aliphatic carbocycles. The van der Waals surface area contributed by atoms with Crippen molar-refractivity contribution in [1.82, 2.24) is 0 Å². The van der Waals surface area contributed by atoms with Gasteiger partial charge in [0.15, 0.2) is 11.5 Å². The first-order valence-corrected chi connectivity index (χ1v) is 10.3. The molecule has 2 aromatic carbocycles. The van der Waals surface area contributed by atoms with E-state index in [0.717, 1.165) is 10.6 Å². The van der Waals surface area contributed by atoms with Crippen LogP contribution in [-0.2, 0) is 9.59 Å². The van der Waals surface area contributed by atoms with Crippen LogP contribution in [0.1, 0.15) is 6.42 Å². The number of hydrogen-bond acceptors (Lipinski definition) is 6. The predicted molar refractivity (Wildman–Crippen MR) is 113 cm³/mol. The maximum absolute atomic E-state index is 12.8. The number of benzene rings is 2. The van der Waals surface area contributed by atoms with Gasteiger partial charge in [0.25, 0.3) is 0 Å². The molecule has 29 heavy (non-hydrogen) atoms. The molecule has 1 fully saturated rings. The van der Waals surface area contributed by atoms with E-state index in [1.165, 1.54) is 21.3 Å². The Morgan fingerprint density at radius 1 is 1.10 bits per heavy atom. The van der Waals surface area contributed by atoms with Crippen LogP contribution in [-0.4, -0.2) is 45.9 Å². The fraction of sp³-hybridized carbons (Fsp3) is 0.333. The number of para-hydroxylation sites is 1. The predicted octanol–water partition coefficient (Wildman–Crippen LogP) is 3.43. The first kappa shape index (κ1) is 20.9. The van der Waals surface area contributed by atoms with Gasteiger partial charge in [-0.2, -0.15) is 0 Å². The SMILES string of the molecule is COc1cc(N2CC(C(=O)Nc3ccccc3SC)CC2=O)cc(OC)c1OC. The summed E-state index contributed by atoms with van der Waals surface area (Å²) in [6.07, 6.45) is 2.10. The van der Waals surface area contributed by atoms with Crippen molar-refractivity contribution in [3.05, 3.63) is 36.4 Å². The van der Waals surface area contributed by atoms with Crippen LogP contribution in [0.3, 0.4) is 0 Å². The van der Waals surface area contributed by atoms with Gasteiger partial charge in [0.1, 0.15) is 0 Å². The summed E-state index contributed by atoms with van der Waals surface area (Å²) in [7, 11) is 4.56. The summed E-state index contributed by atoms with van der Waals surface area (Å²) in [5.41, 5.74) is 1.35. The minimum absolute atomic E-state index is 0.127. The molecule has 0 spiro atoms. The molecule has 8 heteroatoms. The van der Waals surface area contributed by atoms with Crippen LogP contribution >= 0.6 is 11.8 Å². The minimum atomic E-state index is -0.448. The van der Waals surface area contributed by atoms with Crippen LogP contribution in [0.25, 0.3) is 0 Å². The van der Waals surface area contributed by atoms with Crippen LogP contribution in [0.4, 0.5) is 11.4 Å². The largest absolute Gasteiger partial charge is 0.493 e. The fourth-order valence-corrected chi connectivity index (χ4v) is 3.89. The van der Waals surface area contributed by atoms with E-state index in [0.29, 0.717) is 22.9 Å². The van der Waals surface area contributed by atoms with Crippen molar-refractivity contribution in [3.63, 3.8) is 0 Å². The molecular formula is C21H24N2O5S. The number of thioether (sulfide) groups is 1. The van der Waals surface area contributed by atoms with Crippen LogP contribution in [0.2, 0.25) is 0 Å². The van der Waals surface area contributed by atoms with Crippen molar-refractivity contribution >= 4 is 35.0 Å². The van der Waals surface area contributed by atoms with Gasteiger partial charge >= 0.3 is 0 Å². The summed E-state index contributed by atoms with van der Waals surface area (Å²) >= 11 is 1.56. The summed E-state index contributed by atoms with van der Waals surface area (Å²) in [4.78, 5) is 28.0. The van der Waals surface area contributed by atoms with E-state index in [4.69, 9.17) is 14.2 Å². The van der Waals surface area contributed by atoms with Crippen molar-refractivity contribution in [1.29, 1.82) is 0 Å². The monoisotopic (exact) mass is 416 g/mol. The number of carbonyl (C=O) groups excluding carboxylic acids is 2. The zero-order valence-electron chi connectivity index (χ0n) is 16.9. The smallest absolute Gasteiger partial charge is 0.229 e. The Labute approximate surface area is 174 Å². The molecule has 154 valence electrons. The summed E-state index contributed by atoms with van der Waals surface area (Å²) in [6.45, 7) is 0.282. The topological polar surface area (TPSA) is 77.1 Å². The molecule has 0 aromatic heterocycles. The number of hydrogen-bond donors (Lipinski definition) is 1. The lowest BCUT2D eigenvalue weighted by Crippen LogP contribution is -2.28. The second-order valence-corrected chi connectivity index (χ2v) is 7.33. The lowest BCUT2D eigenvalue weighted by molar-refractivity contribution is -0.122. The van der Waals surface area contributed by atoms with Crippen molar-refractivity contribution in [3.8, 4) is 17.2 Å². The first-order valence-electron chi connectivity index (χ1n) is 9.06. The fourth-order valence-electron chi connectivity index (χ4n) is 3.34. The Bertz CT molecular complexity index is 893. The first-order chi connectivity index (χ1) is 14.0. The highest BCUT2D eigenvalue weighted by molar-refractivity contribution is 7.98. The average molecular weight is 416 g/mol. The van der Waals surface area contributed by atoms with E-state index < -0.39 is 5.92 Å². The van der Waals surface area contributed by atoms with Crippen LogP contribution in [0, 0.1) is 5.92 Å². The Hall–Kier alpha value is -2.87. The number of amides is 2. The van der Waals surface area contributed by atoms with Crippen molar-refractivity contribution in [2.45, 2.75) is 11.3 Å². The van der Waals surface area contributed by atoms with Crippen LogP contribution in [0.5, 0.6) is 17.2 Å². The third kappa shape index (κ3) is 4.27. The second kappa shape index (κ2) is 9.09. The summed E-state index contributed by atoms with van der Waals surface area (Å²) < 4.78 is 16.1. The molecule has 1 atom stereocenters. The highest BCUT2D eigenvalue weighted by Crippen LogP contribution is 2.42. The van der Waals surface area contributed by atoms with Crippen LogP contribution in [0.15, 0.2) is 41.3 Å². The molecule has 1 saturated heterocycles. The van der Waals surface area contributed by atoms with Crippen molar-refractivity contribution in [2.24, 2.45) is 5.92 Å². The number of rotatable bonds is 7. The zero-order valence-corrected chi connectivity index (χ0v) is 17.7. The Kier molecular flexibility index (Phi) is 6.53. The molecule has 1 unspecified atom stereocenters. The van der Waals surface area contributed by atoms with Gasteiger partial charge < -0.3 is 24.4 Å². The molecular weight excluding hydrogens is 392 g/mol. The second-order valence-electron chi connectivity index (χ2n) is 6.48. The molecule has 2 amide bonds. The number of anilines is 2. The maximum Gasteiger partial charge on any atom is 0.229 e. The van der Waals surface area contributed by atoms with Crippen LogP contribution < -0.4 is 24.4 Å². The Balaban J connectivity index is 1.80. The van der Waals surface area contributed by atoms with Gasteiger partial charge in [0.05, 0.1) is 38.6 Å². The Morgan fingerprint density at radius 2 is 1.76 bits per heavy atom. The standard InChI is InChI=1S/C21H24N2O5S/c1-26-16-10-14(11-17(27-2)20(16)28-3)23-12-13(9-19(23)24)21(25)22-15-7-5-6-8-18(15)29-4/h5-8,10-11,13H,9,12H2,1-4H3,(H,22,25). The highest BCUT2D eigenvalue weighted by Gasteiger charge is 2.36. The summed E-state index contributed by atoms with van der Waals surface area (Å²) in [5.74, 6) is 0.616. The van der Waals surface area contributed by atoms with E-state index in [2.05, 4.69) is 5.32 Å². The Morgan fingerprint density at radius 3 is 2.34 bits per heavy atom. The summed E-state index contributed by atoms with van der Waals surface area (Å²) in [5, 5.41) is 2.95. The van der Waals surface area contributed by atoms with Gasteiger partial charge in [-0.05, 0) is 18.4 Å². The summed E-state index contributed by atoms with van der Waals surface area (Å²) in [6, 6.07) is 11.0. The normalized spacial score (nSPS) is 15.9. The van der Waals surface area contributed by atoms with Gasteiger partial charge in [-0.1, -0.05) is 12.1 Å². The molecule has 1 aliphatic rings. The third-order valence-electron chi connectivity index (χ3n) is 4.82. The maximum atomic E-state index is 12.8. The van der Waals surface area contributed by atoms with E-state index in [-0.39, 0.29) is 24.8 Å². The van der Waals surface area contributed by atoms with E-state index in [1.807, 2.05) is 30.5 Å². The van der Waals surface area contributed by atoms with Crippen molar-refractivity contribution in [2.75, 3.05) is 44.3 Å². The molecule has 0 saturated carbocycles. The van der Waals surface area contributed by atoms with E-state index in [1.54, 1.807) is 28.8 Å². The van der Waals surface area contributed by atoms with Gasteiger partial charge in [-0.15, -0.1) is 11.8 Å². The van der Waals surface area contributed by atoms with Gasteiger partial charge in [0, 0.05) is 30.0 Å². The van der Waals surface area contributed by atoms with Gasteiger partial charge in [0.2, 0.25) is 17.6 Å². The number of nitrogens with zero attached hydrogens (tertiary/aromatic N) is 1. The van der Waals surface area contributed by atoms with E-state index >= 15 is 0 Å². The number of methoxy groups -OCH3 is 3. The average Bonchev–Trinajstić information content (AvgIpc) is 3.14. The molecule has 1 N–H and O–H groups in total. The molecule has 0 bridgehead atoms. The minimum Gasteiger partial charge on any atom is -0.493 e. The molecule has 0 radical (unpaired) electrons. The van der Waals surface area contributed by atoms with Gasteiger partial charge in [-0.3, -0.25) is 9.59 Å². The number of carbonyl (C=O) groups is 2. The highest BCUT2D eigenvalue weighted by atomic mass is 32.2. The van der Waals surface area contributed by atoms with E-state index in [9.17, 15) is 9.59 Å². The third-order valence-corrected chi connectivity index (χ3v) is 5.62. The van der Waals surface area contributed by atoms with Crippen molar-refractivity contribution < 1.29 is 23.8 Å².